The number of carbonyl (C=O) groups excluding carboxylic acids is 2. The van der Waals surface area contributed by atoms with Gasteiger partial charge < -0.3 is 24.7 Å². The van der Waals surface area contributed by atoms with Gasteiger partial charge in [0.1, 0.15) is 12.3 Å². The van der Waals surface area contributed by atoms with E-state index in [9.17, 15) is 24.6 Å². The summed E-state index contributed by atoms with van der Waals surface area (Å²) in [6, 6.07) is 3.31. The molecule has 3 aliphatic heterocycles. The molecule has 2 fully saturated rings. The van der Waals surface area contributed by atoms with E-state index >= 15 is 0 Å². The number of pyridine rings is 1. The van der Waals surface area contributed by atoms with Crippen LogP contribution in [0.2, 0.25) is 0 Å². The lowest BCUT2D eigenvalue weighted by Gasteiger charge is -2.46. The first-order valence-electron chi connectivity index (χ1n) is 11.3. The second kappa shape index (κ2) is 9.79. The highest BCUT2D eigenvalue weighted by Gasteiger charge is 2.60. The number of thioether (sulfide) groups is 1. The van der Waals surface area contributed by atoms with Crippen LogP contribution >= 0.6 is 11.8 Å². The predicted octanol–water partition coefficient (Wildman–Crippen LogP) is 2.28. The van der Waals surface area contributed by atoms with E-state index in [4.69, 9.17) is 4.74 Å². The van der Waals surface area contributed by atoms with Crippen LogP contribution in [-0.4, -0.2) is 79.6 Å². The third-order valence-electron chi connectivity index (χ3n) is 6.73. The van der Waals surface area contributed by atoms with E-state index in [1.807, 2.05) is 19.1 Å². The number of ether oxygens (including phenoxy) is 1. The third kappa shape index (κ3) is 4.32. The van der Waals surface area contributed by atoms with Crippen molar-refractivity contribution < 1.29 is 29.3 Å². The minimum atomic E-state index is -1.15. The molecule has 1 aromatic heterocycles. The third-order valence-corrected chi connectivity index (χ3v) is 8.23. The van der Waals surface area contributed by atoms with Crippen molar-refractivity contribution in [3.05, 3.63) is 53.3 Å². The second-order valence-electron chi connectivity index (χ2n) is 8.98. The van der Waals surface area contributed by atoms with Gasteiger partial charge in [0.15, 0.2) is 0 Å². The van der Waals surface area contributed by atoms with E-state index in [2.05, 4.69) is 11.6 Å². The quantitative estimate of drug-likeness (QED) is 0.423. The molecule has 4 heterocycles. The number of amides is 2. The van der Waals surface area contributed by atoms with Gasteiger partial charge in [-0.15, -0.1) is 11.8 Å². The molecule has 0 radical (unpaired) electrons. The molecule has 2 N–H and O–H groups in total. The maximum Gasteiger partial charge on any atom is 0.410 e. The van der Waals surface area contributed by atoms with Gasteiger partial charge in [-0.25, -0.2) is 9.59 Å². The van der Waals surface area contributed by atoms with Crippen LogP contribution in [0.25, 0.3) is 0 Å². The first-order valence-corrected chi connectivity index (χ1v) is 12.2. The minimum Gasteiger partial charge on any atom is -0.477 e. The number of aliphatic hydroxyl groups excluding tert-OH is 1. The standard InChI is InChI=1S/C24H29N3O6S/c1-4-8-33-24(32)26-12-17(10-16(26)9-15-6-5-7-25-11-15)34-21-13(2)19-18(14(3)28)22(29)27(19)20(21)23(30)31/h4-7,11,13-14,16-19,28H,1,8-10,12H2,2-3H3,(H,30,31)/t13-,14-,16-,17+,18-,19-/m1/s1. The van der Waals surface area contributed by atoms with Crippen molar-refractivity contribution in [3.63, 3.8) is 0 Å². The number of rotatable bonds is 8. The Morgan fingerprint density at radius 2 is 2.21 bits per heavy atom. The van der Waals surface area contributed by atoms with Crippen LogP contribution in [0.4, 0.5) is 4.79 Å². The van der Waals surface area contributed by atoms with Crippen molar-refractivity contribution in [1.82, 2.24) is 14.8 Å². The molecule has 0 saturated carbocycles. The van der Waals surface area contributed by atoms with Crippen LogP contribution in [-0.2, 0) is 20.7 Å². The largest absolute Gasteiger partial charge is 0.477 e. The topological polar surface area (TPSA) is 120 Å². The summed E-state index contributed by atoms with van der Waals surface area (Å²) < 4.78 is 5.30. The Kier molecular flexibility index (Phi) is 6.99. The zero-order chi connectivity index (χ0) is 24.6. The number of carboxylic acids is 1. The highest BCUT2D eigenvalue weighted by molar-refractivity contribution is 8.03. The number of nitrogens with zero attached hydrogens (tertiary/aromatic N) is 3. The minimum absolute atomic E-state index is 0.000827. The van der Waals surface area contributed by atoms with Crippen molar-refractivity contribution >= 4 is 29.7 Å². The van der Waals surface area contributed by atoms with Crippen LogP contribution in [0.15, 0.2) is 47.8 Å². The van der Waals surface area contributed by atoms with Crippen LogP contribution in [0.3, 0.4) is 0 Å². The lowest BCUT2D eigenvalue weighted by Crippen LogP contribution is -2.63. The normalized spacial score (nSPS) is 29.0. The maximum absolute atomic E-state index is 12.7. The highest BCUT2D eigenvalue weighted by Crippen LogP contribution is 2.52. The van der Waals surface area contributed by atoms with Crippen LogP contribution in [0.1, 0.15) is 25.8 Å². The molecular weight excluding hydrogens is 458 g/mol. The molecule has 0 spiro atoms. The lowest BCUT2D eigenvalue weighted by atomic mass is 9.79. The summed E-state index contributed by atoms with van der Waals surface area (Å²) in [6.45, 7) is 7.55. The van der Waals surface area contributed by atoms with Crippen molar-refractivity contribution in [3.8, 4) is 0 Å². The van der Waals surface area contributed by atoms with E-state index < -0.39 is 24.1 Å². The number of β-lactam (4-membered cyclic amide) rings is 1. The zero-order valence-electron chi connectivity index (χ0n) is 19.2. The number of carboxylic acid groups (broad SMARTS) is 1. The Balaban J connectivity index is 1.55. The molecule has 10 heteroatoms. The molecule has 1 aromatic rings. The van der Waals surface area contributed by atoms with Gasteiger partial charge in [-0.3, -0.25) is 9.78 Å². The van der Waals surface area contributed by atoms with Crippen molar-refractivity contribution in [2.45, 2.75) is 50.1 Å². The summed E-state index contributed by atoms with van der Waals surface area (Å²) in [6.07, 6.45) is 4.94. The van der Waals surface area contributed by atoms with Crippen LogP contribution in [0.5, 0.6) is 0 Å². The smallest absolute Gasteiger partial charge is 0.410 e. The van der Waals surface area contributed by atoms with Gasteiger partial charge in [-0.1, -0.05) is 25.6 Å². The fourth-order valence-electron chi connectivity index (χ4n) is 5.24. The number of aromatic nitrogens is 1. The molecule has 0 aliphatic carbocycles. The van der Waals surface area contributed by atoms with Crippen molar-refractivity contribution in [2.24, 2.45) is 11.8 Å². The molecule has 4 rings (SSSR count). The number of fused-ring (bicyclic) bond motifs is 1. The summed E-state index contributed by atoms with van der Waals surface area (Å²) in [5.74, 6) is -2.32. The van der Waals surface area contributed by atoms with Gasteiger partial charge in [-0.2, -0.15) is 0 Å². The molecule has 2 amide bonds. The van der Waals surface area contributed by atoms with Gasteiger partial charge in [0, 0.05) is 41.1 Å². The first kappa shape index (κ1) is 24.3. The van der Waals surface area contributed by atoms with E-state index in [0.717, 1.165) is 5.56 Å². The number of carbonyl (C=O) groups is 3. The Morgan fingerprint density at radius 1 is 1.44 bits per heavy atom. The van der Waals surface area contributed by atoms with E-state index in [-0.39, 0.29) is 41.5 Å². The number of aliphatic carboxylic acids is 1. The molecule has 9 nitrogen and oxygen atoms in total. The Hall–Kier alpha value is -2.85. The summed E-state index contributed by atoms with van der Waals surface area (Å²) in [4.78, 5) is 45.2. The van der Waals surface area contributed by atoms with Crippen LogP contribution in [0, 0.1) is 11.8 Å². The SMILES string of the molecule is C=CCOC(=O)N1C[C@@H](SC2=C(C(=O)O)N3C(=O)[C@H]([C@@H](C)O)[C@H]3[C@H]2C)C[C@H]1Cc1cccnc1. The number of aliphatic hydroxyl groups is 1. The molecule has 3 aliphatic rings. The summed E-state index contributed by atoms with van der Waals surface area (Å²) in [5.41, 5.74) is 0.995. The van der Waals surface area contributed by atoms with Gasteiger partial charge in [0.2, 0.25) is 5.91 Å². The maximum atomic E-state index is 12.7. The van der Waals surface area contributed by atoms with Crippen molar-refractivity contribution in [2.75, 3.05) is 13.2 Å². The van der Waals surface area contributed by atoms with Gasteiger partial charge in [0.05, 0.1) is 18.1 Å². The molecule has 34 heavy (non-hydrogen) atoms. The Morgan fingerprint density at radius 3 is 2.82 bits per heavy atom. The van der Waals surface area contributed by atoms with Gasteiger partial charge in [-0.05, 0) is 31.4 Å². The molecular formula is C24H29N3O6S. The van der Waals surface area contributed by atoms with Gasteiger partial charge in [0.25, 0.3) is 0 Å². The van der Waals surface area contributed by atoms with E-state index in [0.29, 0.717) is 24.3 Å². The molecule has 0 unspecified atom stereocenters. The summed E-state index contributed by atoms with van der Waals surface area (Å²) in [7, 11) is 0. The monoisotopic (exact) mass is 487 g/mol. The molecule has 6 atom stereocenters. The molecule has 0 bridgehead atoms. The van der Waals surface area contributed by atoms with E-state index in [1.165, 1.54) is 22.7 Å². The zero-order valence-corrected chi connectivity index (χ0v) is 20.0. The van der Waals surface area contributed by atoms with Crippen LogP contribution < -0.4 is 0 Å². The van der Waals surface area contributed by atoms with Gasteiger partial charge >= 0.3 is 12.1 Å². The first-order chi connectivity index (χ1) is 16.2. The average Bonchev–Trinajstić information content (AvgIpc) is 3.29. The number of likely N-dealkylation sites (tertiary alicyclic amines) is 1. The summed E-state index contributed by atoms with van der Waals surface area (Å²) >= 11 is 1.42. The van der Waals surface area contributed by atoms with E-state index in [1.54, 1.807) is 24.2 Å². The fourth-order valence-corrected chi connectivity index (χ4v) is 6.80. The summed E-state index contributed by atoms with van der Waals surface area (Å²) in [5, 5.41) is 19.9. The fraction of sp³-hybridized carbons (Fsp3) is 0.500. The second-order valence-corrected chi connectivity index (χ2v) is 10.3. The average molecular weight is 488 g/mol. The predicted molar refractivity (Wildman–Crippen MR) is 126 cm³/mol. The molecule has 182 valence electrons. The Labute approximate surface area is 202 Å². The highest BCUT2D eigenvalue weighted by atomic mass is 32.2. The molecule has 0 aromatic carbocycles. The lowest BCUT2D eigenvalue weighted by molar-refractivity contribution is -0.163. The number of hydrogen-bond donors (Lipinski definition) is 2. The number of hydrogen-bond acceptors (Lipinski definition) is 7. The van der Waals surface area contributed by atoms with Crippen molar-refractivity contribution in [1.29, 1.82) is 0 Å². The molecule has 2 saturated heterocycles. The Bertz CT molecular complexity index is 1010.